The molecule has 2 heterocycles. The third-order valence-corrected chi connectivity index (χ3v) is 4.34. The van der Waals surface area contributed by atoms with E-state index in [1.807, 2.05) is 0 Å². The number of rotatable bonds is 3. The van der Waals surface area contributed by atoms with E-state index in [2.05, 4.69) is 27.1 Å². The van der Waals surface area contributed by atoms with Gasteiger partial charge in [0.2, 0.25) is 5.89 Å². The van der Waals surface area contributed by atoms with E-state index < -0.39 is 0 Å². The maximum absolute atomic E-state index is 6.24. The minimum Gasteiger partial charge on any atom is -0.346 e. The van der Waals surface area contributed by atoms with Crippen LogP contribution in [0.3, 0.4) is 0 Å². The van der Waals surface area contributed by atoms with E-state index in [9.17, 15) is 0 Å². The first-order valence-electron chi connectivity index (χ1n) is 7.56. The van der Waals surface area contributed by atoms with Gasteiger partial charge in [0, 0.05) is 24.4 Å². The highest BCUT2D eigenvalue weighted by atomic mass is 16.5. The summed E-state index contributed by atoms with van der Waals surface area (Å²) in [6.45, 7) is 0.677. The molecular formula is C15H20N4O. The standard InChI is InChI=1S/C15H20N4O/c16-13-4-2-1-3-11-7-19(8-12(11)13)9-14-17-15(20-18-14)10-5-6-10/h7-8,10,13H,1-6,9,16H2. The van der Waals surface area contributed by atoms with Crippen molar-refractivity contribution in [3.63, 3.8) is 0 Å². The van der Waals surface area contributed by atoms with E-state index in [1.54, 1.807) is 0 Å². The Morgan fingerprint density at radius 2 is 2.15 bits per heavy atom. The van der Waals surface area contributed by atoms with Crippen molar-refractivity contribution in [2.45, 2.75) is 57.0 Å². The second-order valence-corrected chi connectivity index (χ2v) is 6.09. The van der Waals surface area contributed by atoms with Gasteiger partial charge in [-0.25, -0.2) is 0 Å². The molecule has 0 bridgehead atoms. The fourth-order valence-electron chi connectivity index (χ4n) is 3.03. The van der Waals surface area contributed by atoms with Gasteiger partial charge >= 0.3 is 0 Å². The van der Waals surface area contributed by atoms with Crippen LogP contribution in [0.15, 0.2) is 16.9 Å². The first kappa shape index (κ1) is 12.1. The van der Waals surface area contributed by atoms with Crippen LogP contribution in [0.4, 0.5) is 0 Å². The van der Waals surface area contributed by atoms with E-state index in [0.29, 0.717) is 12.5 Å². The van der Waals surface area contributed by atoms with Crippen molar-refractivity contribution in [3.05, 3.63) is 35.2 Å². The van der Waals surface area contributed by atoms with Gasteiger partial charge in [0.05, 0.1) is 6.54 Å². The Hall–Kier alpha value is -1.62. The molecule has 20 heavy (non-hydrogen) atoms. The minimum atomic E-state index is 0.182. The molecule has 0 radical (unpaired) electrons. The lowest BCUT2D eigenvalue weighted by molar-refractivity contribution is 0.373. The van der Waals surface area contributed by atoms with Crippen LogP contribution >= 0.6 is 0 Å². The molecule has 1 fully saturated rings. The van der Waals surface area contributed by atoms with Crippen LogP contribution in [0, 0.1) is 0 Å². The Morgan fingerprint density at radius 3 is 3.00 bits per heavy atom. The summed E-state index contributed by atoms with van der Waals surface area (Å²) in [7, 11) is 0. The number of hydrogen-bond acceptors (Lipinski definition) is 4. The maximum atomic E-state index is 6.24. The van der Waals surface area contributed by atoms with Crippen molar-refractivity contribution in [3.8, 4) is 0 Å². The maximum Gasteiger partial charge on any atom is 0.229 e. The Kier molecular flexibility index (Phi) is 2.88. The summed E-state index contributed by atoms with van der Waals surface area (Å²) in [5.74, 6) is 2.10. The van der Waals surface area contributed by atoms with Gasteiger partial charge in [-0.05, 0) is 43.2 Å². The van der Waals surface area contributed by atoms with Gasteiger partial charge in [0.15, 0.2) is 5.82 Å². The van der Waals surface area contributed by atoms with Crippen molar-refractivity contribution < 1.29 is 4.52 Å². The molecule has 4 rings (SSSR count). The molecule has 2 aromatic heterocycles. The summed E-state index contributed by atoms with van der Waals surface area (Å²) >= 11 is 0. The lowest BCUT2D eigenvalue weighted by Gasteiger charge is -2.07. The van der Waals surface area contributed by atoms with Crippen molar-refractivity contribution in [1.82, 2.24) is 14.7 Å². The normalized spacial score (nSPS) is 22.6. The third-order valence-electron chi connectivity index (χ3n) is 4.34. The van der Waals surface area contributed by atoms with E-state index >= 15 is 0 Å². The molecule has 2 aromatic rings. The molecule has 0 amide bonds. The molecule has 5 heteroatoms. The van der Waals surface area contributed by atoms with E-state index in [4.69, 9.17) is 10.3 Å². The summed E-state index contributed by atoms with van der Waals surface area (Å²) in [4.78, 5) is 4.48. The quantitative estimate of drug-likeness (QED) is 0.872. The third kappa shape index (κ3) is 2.26. The van der Waals surface area contributed by atoms with Crippen molar-refractivity contribution in [1.29, 1.82) is 0 Å². The fraction of sp³-hybridized carbons (Fsp3) is 0.600. The van der Waals surface area contributed by atoms with Crippen LogP contribution in [-0.4, -0.2) is 14.7 Å². The average molecular weight is 272 g/mol. The second-order valence-electron chi connectivity index (χ2n) is 6.09. The SMILES string of the molecule is NC1CCCCc2cn(Cc3noc(C4CC4)n3)cc21. The summed E-state index contributed by atoms with van der Waals surface area (Å²) in [5, 5.41) is 4.08. The zero-order valence-corrected chi connectivity index (χ0v) is 11.6. The number of nitrogens with zero attached hydrogens (tertiary/aromatic N) is 3. The molecule has 0 saturated heterocycles. The summed E-state index contributed by atoms with van der Waals surface area (Å²) < 4.78 is 7.45. The van der Waals surface area contributed by atoms with Gasteiger partial charge < -0.3 is 14.8 Å². The average Bonchev–Trinajstić information content (AvgIpc) is 3.10. The van der Waals surface area contributed by atoms with Crippen molar-refractivity contribution in [2.75, 3.05) is 0 Å². The molecule has 2 N–H and O–H groups in total. The first-order chi connectivity index (χ1) is 9.79. The molecule has 1 atom stereocenters. The Labute approximate surface area is 118 Å². The number of nitrogens with two attached hydrogens (primary N) is 1. The second kappa shape index (κ2) is 4.74. The van der Waals surface area contributed by atoms with E-state index in [1.165, 1.54) is 36.8 Å². The number of aromatic nitrogens is 3. The van der Waals surface area contributed by atoms with Crippen LogP contribution in [0.1, 0.15) is 66.9 Å². The molecule has 1 saturated carbocycles. The van der Waals surface area contributed by atoms with E-state index in [-0.39, 0.29) is 6.04 Å². The Balaban J connectivity index is 1.54. The highest BCUT2D eigenvalue weighted by Crippen LogP contribution is 2.38. The van der Waals surface area contributed by atoms with Gasteiger partial charge in [-0.2, -0.15) is 4.98 Å². The lowest BCUT2D eigenvalue weighted by Crippen LogP contribution is -2.09. The van der Waals surface area contributed by atoms with Gasteiger partial charge in [0.25, 0.3) is 0 Å². The summed E-state index contributed by atoms with van der Waals surface area (Å²) in [6.07, 6.45) is 11.4. The molecule has 0 aliphatic heterocycles. The molecule has 106 valence electrons. The zero-order chi connectivity index (χ0) is 13.5. The lowest BCUT2D eigenvalue weighted by atomic mass is 10.1. The zero-order valence-electron chi connectivity index (χ0n) is 11.6. The fourth-order valence-corrected chi connectivity index (χ4v) is 3.03. The minimum absolute atomic E-state index is 0.182. The molecule has 0 aromatic carbocycles. The highest BCUT2D eigenvalue weighted by molar-refractivity contribution is 5.29. The largest absolute Gasteiger partial charge is 0.346 e. The monoisotopic (exact) mass is 272 g/mol. The Bertz CT molecular complexity index is 611. The van der Waals surface area contributed by atoms with Crippen LogP contribution in [0.5, 0.6) is 0 Å². The van der Waals surface area contributed by atoms with Crippen LogP contribution < -0.4 is 5.73 Å². The van der Waals surface area contributed by atoms with E-state index in [0.717, 1.165) is 24.6 Å². The van der Waals surface area contributed by atoms with Crippen molar-refractivity contribution >= 4 is 0 Å². The first-order valence-corrected chi connectivity index (χ1v) is 7.56. The Morgan fingerprint density at radius 1 is 1.25 bits per heavy atom. The molecule has 0 spiro atoms. The number of hydrogen-bond donors (Lipinski definition) is 1. The summed E-state index contributed by atoms with van der Waals surface area (Å²) in [6, 6.07) is 0.182. The summed E-state index contributed by atoms with van der Waals surface area (Å²) in [5.41, 5.74) is 8.93. The van der Waals surface area contributed by atoms with Crippen LogP contribution in [-0.2, 0) is 13.0 Å². The molecule has 1 unspecified atom stereocenters. The predicted molar refractivity (Wildman–Crippen MR) is 74.3 cm³/mol. The smallest absolute Gasteiger partial charge is 0.229 e. The molecule has 5 nitrogen and oxygen atoms in total. The highest BCUT2D eigenvalue weighted by Gasteiger charge is 2.29. The van der Waals surface area contributed by atoms with Crippen LogP contribution in [0.25, 0.3) is 0 Å². The van der Waals surface area contributed by atoms with Gasteiger partial charge in [-0.3, -0.25) is 0 Å². The predicted octanol–water partition coefficient (Wildman–Crippen LogP) is 2.52. The number of aryl methyl sites for hydroxylation is 1. The number of fused-ring (bicyclic) bond motifs is 1. The van der Waals surface area contributed by atoms with Gasteiger partial charge in [-0.1, -0.05) is 11.6 Å². The van der Waals surface area contributed by atoms with Crippen LogP contribution in [0.2, 0.25) is 0 Å². The molecule has 2 aliphatic rings. The van der Waals surface area contributed by atoms with Gasteiger partial charge in [0.1, 0.15) is 0 Å². The molecular weight excluding hydrogens is 252 g/mol. The van der Waals surface area contributed by atoms with Crippen molar-refractivity contribution in [2.24, 2.45) is 5.73 Å². The topological polar surface area (TPSA) is 69.9 Å². The molecule has 2 aliphatic carbocycles. The van der Waals surface area contributed by atoms with Gasteiger partial charge in [-0.15, -0.1) is 0 Å².